The third kappa shape index (κ3) is 2.18. The molecule has 1 heterocycles. The highest BCUT2D eigenvalue weighted by atomic mass is 16.4. The van der Waals surface area contributed by atoms with Crippen molar-refractivity contribution in [3.05, 3.63) is 17.5 Å². The Kier molecular flexibility index (Phi) is 2.26. The molecule has 0 unspecified atom stereocenters. The zero-order valence-electron chi connectivity index (χ0n) is 8.95. The monoisotopic (exact) mass is 209 g/mol. The van der Waals surface area contributed by atoms with Gasteiger partial charge in [-0.15, -0.1) is 0 Å². The summed E-state index contributed by atoms with van der Waals surface area (Å²) >= 11 is 0. The van der Waals surface area contributed by atoms with Crippen molar-refractivity contribution in [2.45, 2.75) is 31.8 Å². The van der Waals surface area contributed by atoms with E-state index in [0.717, 1.165) is 5.69 Å². The van der Waals surface area contributed by atoms with Gasteiger partial charge in [0.15, 0.2) is 5.69 Å². The molecule has 1 fully saturated rings. The van der Waals surface area contributed by atoms with Crippen molar-refractivity contribution < 1.29 is 9.90 Å². The van der Waals surface area contributed by atoms with E-state index in [-0.39, 0.29) is 11.2 Å². The first-order chi connectivity index (χ1) is 7.00. The molecule has 1 saturated carbocycles. The second-order valence-electron chi connectivity index (χ2n) is 4.36. The van der Waals surface area contributed by atoms with Gasteiger partial charge in [-0.1, -0.05) is 0 Å². The number of hydrogen-bond donors (Lipinski definition) is 2. The van der Waals surface area contributed by atoms with E-state index in [9.17, 15) is 4.79 Å². The smallest absolute Gasteiger partial charge is 0.356 e. The minimum atomic E-state index is -0.977. The fourth-order valence-electron chi connectivity index (χ4n) is 1.44. The zero-order chi connectivity index (χ0) is 11.1. The Morgan fingerprint density at radius 1 is 1.73 bits per heavy atom. The molecular weight excluding hydrogens is 194 g/mol. The first-order valence-electron chi connectivity index (χ1n) is 5.01. The summed E-state index contributed by atoms with van der Waals surface area (Å²) in [5, 5.41) is 16.1. The fraction of sp³-hybridized carbons (Fsp3) is 0.600. The van der Waals surface area contributed by atoms with Crippen LogP contribution in [0, 0.1) is 0 Å². The first kappa shape index (κ1) is 10.2. The highest BCUT2D eigenvalue weighted by molar-refractivity contribution is 5.85. The summed E-state index contributed by atoms with van der Waals surface area (Å²) in [6.45, 7) is 2.84. The maximum atomic E-state index is 10.7. The molecule has 5 heteroatoms. The van der Waals surface area contributed by atoms with Crippen LogP contribution < -0.4 is 5.32 Å². The molecule has 1 aromatic rings. The Hall–Kier alpha value is -1.36. The van der Waals surface area contributed by atoms with E-state index in [1.807, 2.05) is 0 Å². The standard InChI is InChI=1S/C10H15N3O2/c1-10(3-4-10)11-6-7-5-8(9(14)15)12-13(7)2/h5,11H,3-4,6H2,1-2H3,(H,14,15). The van der Waals surface area contributed by atoms with Gasteiger partial charge in [-0.05, 0) is 25.8 Å². The maximum Gasteiger partial charge on any atom is 0.356 e. The van der Waals surface area contributed by atoms with Gasteiger partial charge in [-0.25, -0.2) is 4.79 Å². The van der Waals surface area contributed by atoms with Crippen LogP contribution in [-0.2, 0) is 13.6 Å². The number of aromatic nitrogens is 2. The van der Waals surface area contributed by atoms with Crippen molar-refractivity contribution in [2.75, 3.05) is 0 Å². The summed E-state index contributed by atoms with van der Waals surface area (Å²) in [4.78, 5) is 10.7. The molecule has 5 nitrogen and oxygen atoms in total. The molecule has 2 rings (SSSR count). The van der Waals surface area contributed by atoms with Crippen LogP contribution in [0.4, 0.5) is 0 Å². The SMILES string of the molecule is Cn1nc(C(=O)O)cc1CNC1(C)CC1. The van der Waals surface area contributed by atoms with E-state index in [0.29, 0.717) is 6.54 Å². The van der Waals surface area contributed by atoms with Gasteiger partial charge in [0.2, 0.25) is 0 Å². The Balaban J connectivity index is 2.04. The third-order valence-electron chi connectivity index (χ3n) is 2.89. The van der Waals surface area contributed by atoms with E-state index >= 15 is 0 Å². The van der Waals surface area contributed by atoms with Crippen molar-refractivity contribution in [3.8, 4) is 0 Å². The van der Waals surface area contributed by atoms with Crippen molar-refractivity contribution in [3.63, 3.8) is 0 Å². The van der Waals surface area contributed by atoms with E-state index in [1.54, 1.807) is 17.8 Å². The van der Waals surface area contributed by atoms with Crippen LogP contribution in [0.15, 0.2) is 6.07 Å². The molecule has 0 amide bonds. The summed E-state index contributed by atoms with van der Waals surface area (Å²) in [6.07, 6.45) is 2.38. The molecule has 0 aromatic carbocycles. The van der Waals surface area contributed by atoms with Crippen LogP contribution in [0.1, 0.15) is 35.9 Å². The lowest BCUT2D eigenvalue weighted by atomic mass is 10.3. The van der Waals surface area contributed by atoms with Crippen LogP contribution in [0.5, 0.6) is 0 Å². The lowest BCUT2D eigenvalue weighted by Gasteiger charge is -2.10. The normalized spacial score (nSPS) is 17.7. The van der Waals surface area contributed by atoms with Gasteiger partial charge in [0.25, 0.3) is 0 Å². The van der Waals surface area contributed by atoms with Crippen LogP contribution >= 0.6 is 0 Å². The Morgan fingerprint density at radius 2 is 2.40 bits per heavy atom. The minimum Gasteiger partial charge on any atom is -0.476 e. The van der Waals surface area contributed by atoms with Crippen LogP contribution in [0.25, 0.3) is 0 Å². The number of carbonyl (C=O) groups is 1. The number of aromatic carboxylic acids is 1. The van der Waals surface area contributed by atoms with Crippen molar-refractivity contribution in [2.24, 2.45) is 7.05 Å². The number of nitrogens with one attached hydrogen (secondary N) is 1. The molecule has 0 bridgehead atoms. The zero-order valence-corrected chi connectivity index (χ0v) is 8.95. The molecule has 1 aliphatic rings. The summed E-state index contributed by atoms with van der Waals surface area (Å²) in [5.74, 6) is -0.977. The Labute approximate surface area is 88.1 Å². The second-order valence-corrected chi connectivity index (χ2v) is 4.36. The van der Waals surface area contributed by atoms with Crippen molar-refractivity contribution in [1.82, 2.24) is 15.1 Å². The average molecular weight is 209 g/mol. The summed E-state index contributed by atoms with van der Waals surface area (Å²) < 4.78 is 1.61. The van der Waals surface area contributed by atoms with E-state index in [1.165, 1.54) is 12.8 Å². The summed E-state index contributed by atoms with van der Waals surface area (Å²) in [5.41, 5.74) is 1.27. The molecule has 2 N–H and O–H groups in total. The predicted molar refractivity (Wildman–Crippen MR) is 54.6 cm³/mol. The number of carboxylic acids is 1. The van der Waals surface area contributed by atoms with Gasteiger partial charge in [0, 0.05) is 19.1 Å². The van der Waals surface area contributed by atoms with Gasteiger partial charge >= 0.3 is 5.97 Å². The average Bonchev–Trinajstić information content (AvgIpc) is 2.76. The molecule has 1 aromatic heterocycles. The van der Waals surface area contributed by atoms with Gasteiger partial charge in [-0.2, -0.15) is 5.10 Å². The lowest BCUT2D eigenvalue weighted by molar-refractivity contribution is 0.0689. The van der Waals surface area contributed by atoms with E-state index < -0.39 is 5.97 Å². The molecule has 82 valence electrons. The topological polar surface area (TPSA) is 67.2 Å². The molecule has 0 radical (unpaired) electrons. The van der Waals surface area contributed by atoms with Crippen molar-refractivity contribution >= 4 is 5.97 Å². The highest BCUT2D eigenvalue weighted by Gasteiger charge is 2.36. The summed E-state index contributed by atoms with van der Waals surface area (Å²) in [6, 6.07) is 1.61. The molecule has 0 spiro atoms. The predicted octanol–water partition coefficient (Wildman–Crippen LogP) is 0.760. The van der Waals surface area contributed by atoms with Crippen LogP contribution in [0.2, 0.25) is 0 Å². The largest absolute Gasteiger partial charge is 0.476 e. The van der Waals surface area contributed by atoms with Crippen LogP contribution in [0.3, 0.4) is 0 Å². The Morgan fingerprint density at radius 3 is 2.87 bits per heavy atom. The van der Waals surface area contributed by atoms with Gasteiger partial charge in [0.05, 0.1) is 5.69 Å². The van der Waals surface area contributed by atoms with Gasteiger partial charge in [0.1, 0.15) is 0 Å². The van der Waals surface area contributed by atoms with Crippen LogP contribution in [-0.4, -0.2) is 26.4 Å². The molecule has 0 aliphatic heterocycles. The number of aryl methyl sites for hydroxylation is 1. The molecule has 0 atom stereocenters. The molecular formula is C10H15N3O2. The third-order valence-corrected chi connectivity index (χ3v) is 2.89. The second kappa shape index (κ2) is 3.34. The molecule has 15 heavy (non-hydrogen) atoms. The van der Waals surface area contributed by atoms with E-state index in [4.69, 9.17) is 5.11 Å². The number of nitrogens with zero attached hydrogens (tertiary/aromatic N) is 2. The molecule has 1 aliphatic carbocycles. The first-order valence-corrected chi connectivity index (χ1v) is 5.01. The van der Waals surface area contributed by atoms with Crippen molar-refractivity contribution in [1.29, 1.82) is 0 Å². The quantitative estimate of drug-likeness (QED) is 0.768. The number of rotatable bonds is 4. The lowest BCUT2D eigenvalue weighted by Crippen LogP contribution is -2.27. The molecule has 0 saturated heterocycles. The Bertz CT molecular complexity index is 393. The minimum absolute atomic E-state index is 0.107. The fourth-order valence-corrected chi connectivity index (χ4v) is 1.44. The summed E-state index contributed by atoms with van der Waals surface area (Å²) in [7, 11) is 1.76. The van der Waals surface area contributed by atoms with Gasteiger partial charge in [-0.3, -0.25) is 4.68 Å². The number of hydrogen-bond acceptors (Lipinski definition) is 3. The van der Waals surface area contributed by atoms with E-state index in [2.05, 4.69) is 17.3 Å². The highest BCUT2D eigenvalue weighted by Crippen LogP contribution is 2.34. The van der Waals surface area contributed by atoms with Gasteiger partial charge < -0.3 is 10.4 Å². The maximum absolute atomic E-state index is 10.7. The number of carboxylic acid groups (broad SMARTS) is 1.